The molecule has 1 spiro atoms. The quantitative estimate of drug-likeness (QED) is 0.542. The fourth-order valence-electron chi connectivity index (χ4n) is 5.15. The summed E-state index contributed by atoms with van der Waals surface area (Å²) in [5.74, 6) is -0.385. The Balaban J connectivity index is 1.34. The smallest absolute Gasteiger partial charge is 0.339 e. The van der Waals surface area contributed by atoms with E-state index in [1.165, 1.54) is 15.9 Å². The monoisotopic (exact) mass is 516 g/mol. The third-order valence-corrected chi connectivity index (χ3v) is 9.37. The zero-order valence-electron chi connectivity index (χ0n) is 21.0. The molecule has 8 nitrogen and oxygen atoms in total. The molecule has 2 aromatic carbocycles. The van der Waals surface area contributed by atoms with Gasteiger partial charge in [-0.15, -0.1) is 0 Å². The van der Waals surface area contributed by atoms with Crippen LogP contribution in [0.5, 0.6) is 11.5 Å². The number of phenols is 1. The van der Waals surface area contributed by atoms with Gasteiger partial charge in [0, 0.05) is 25.2 Å². The maximum atomic E-state index is 13.2. The maximum Gasteiger partial charge on any atom is 0.339 e. The first kappa shape index (κ1) is 26.4. The molecule has 196 valence electrons. The van der Waals surface area contributed by atoms with Gasteiger partial charge >= 0.3 is 5.97 Å². The van der Waals surface area contributed by atoms with E-state index in [1.807, 2.05) is 18.2 Å². The molecule has 36 heavy (non-hydrogen) atoms. The van der Waals surface area contributed by atoms with Gasteiger partial charge in [0.1, 0.15) is 17.1 Å². The van der Waals surface area contributed by atoms with Gasteiger partial charge in [-0.2, -0.15) is 4.31 Å². The minimum Gasteiger partial charge on any atom is -0.507 e. The highest BCUT2D eigenvalue weighted by Crippen LogP contribution is 2.43. The van der Waals surface area contributed by atoms with Gasteiger partial charge in [-0.1, -0.05) is 32.0 Å². The predicted octanol–water partition coefficient (Wildman–Crippen LogP) is 4.19. The number of aromatic hydroxyl groups is 1. The van der Waals surface area contributed by atoms with Crippen LogP contribution in [0.15, 0.2) is 47.4 Å². The van der Waals surface area contributed by atoms with E-state index in [1.54, 1.807) is 0 Å². The van der Waals surface area contributed by atoms with Crippen LogP contribution in [0.3, 0.4) is 0 Å². The first-order valence-corrected chi connectivity index (χ1v) is 14.0. The molecular weight excluding hydrogens is 480 g/mol. The second-order valence-corrected chi connectivity index (χ2v) is 12.4. The number of likely N-dealkylation sites (tertiary alicyclic amines) is 1. The molecule has 4 rings (SSSR count). The van der Waals surface area contributed by atoms with Crippen molar-refractivity contribution in [3.8, 4) is 11.5 Å². The van der Waals surface area contributed by atoms with Crippen molar-refractivity contribution in [3.63, 3.8) is 0 Å². The molecule has 0 saturated carbocycles. The average molecular weight is 517 g/mol. The van der Waals surface area contributed by atoms with Gasteiger partial charge in [0.05, 0.1) is 11.5 Å². The van der Waals surface area contributed by atoms with Crippen molar-refractivity contribution in [2.45, 2.75) is 51.0 Å². The summed E-state index contributed by atoms with van der Waals surface area (Å²) in [5.41, 5.74) is 0.926. The number of carbonyl (C=O) groups is 1. The van der Waals surface area contributed by atoms with Crippen LogP contribution in [-0.4, -0.2) is 66.6 Å². The molecule has 2 aliphatic rings. The number of aromatic carboxylic acids is 1. The van der Waals surface area contributed by atoms with E-state index >= 15 is 0 Å². The van der Waals surface area contributed by atoms with Crippen LogP contribution in [-0.2, 0) is 16.6 Å². The molecule has 2 N–H and O–H groups in total. The Hall–Kier alpha value is -2.62. The van der Waals surface area contributed by atoms with Crippen molar-refractivity contribution in [1.82, 2.24) is 9.21 Å². The molecule has 0 radical (unpaired) electrons. The first-order valence-electron chi connectivity index (χ1n) is 12.6. The second-order valence-electron chi connectivity index (χ2n) is 10.5. The fourth-order valence-corrected chi connectivity index (χ4v) is 6.62. The van der Waals surface area contributed by atoms with Gasteiger partial charge in [-0.05, 0) is 74.4 Å². The van der Waals surface area contributed by atoms with Gasteiger partial charge in [-0.25, -0.2) is 13.2 Å². The highest BCUT2D eigenvalue weighted by molar-refractivity contribution is 7.89. The van der Waals surface area contributed by atoms with Crippen LogP contribution in [0.4, 0.5) is 0 Å². The van der Waals surface area contributed by atoms with Gasteiger partial charge in [0.2, 0.25) is 10.0 Å². The first-order chi connectivity index (χ1) is 17.1. The molecule has 2 fully saturated rings. The Morgan fingerprint density at radius 1 is 1.03 bits per heavy atom. The summed E-state index contributed by atoms with van der Waals surface area (Å²) in [5, 5.41) is 19.0. The SMILES string of the molecule is CC(C)COc1ccccc1CN1CCC2(CC1)CCN(S(=O)(=O)c1ccc(O)c(C(=O)O)c1)CC2. The summed E-state index contributed by atoms with van der Waals surface area (Å²) in [6, 6.07) is 11.7. The van der Waals surface area contributed by atoms with Gasteiger partial charge in [0.25, 0.3) is 0 Å². The number of hydrogen-bond acceptors (Lipinski definition) is 6. The van der Waals surface area contributed by atoms with Crippen molar-refractivity contribution in [1.29, 1.82) is 0 Å². The van der Waals surface area contributed by atoms with Crippen LogP contribution in [0, 0.1) is 11.3 Å². The minimum absolute atomic E-state index is 0.0955. The van der Waals surface area contributed by atoms with Crippen LogP contribution in [0.2, 0.25) is 0 Å². The fraction of sp³-hybridized carbons (Fsp3) is 0.519. The molecule has 2 aliphatic heterocycles. The average Bonchev–Trinajstić information content (AvgIpc) is 2.85. The van der Waals surface area contributed by atoms with Gasteiger partial charge in [0.15, 0.2) is 0 Å². The zero-order valence-corrected chi connectivity index (χ0v) is 21.8. The van der Waals surface area contributed by atoms with Crippen LogP contribution in [0.25, 0.3) is 0 Å². The highest BCUT2D eigenvalue weighted by Gasteiger charge is 2.40. The van der Waals surface area contributed by atoms with Crippen molar-refractivity contribution >= 4 is 16.0 Å². The van der Waals surface area contributed by atoms with Gasteiger partial charge < -0.3 is 14.9 Å². The summed E-state index contributed by atoms with van der Waals surface area (Å²) < 4.78 is 33.8. The van der Waals surface area contributed by atoms with E-state index < -0.39 is 27.3 Å². The number of rotatable bonds is 8. The van der Waals surface area contributed by atoms with Gasteiger partial charge in [-0.3, -0.25) is 4.90 Å². The summed E-state index contributed by atoms with van der Waals surface area (Å²) in [4.78, 5) is 13.7. The standard InChI is InChI=1S/C27H36N2O6S/c1-20(2)19-35-25-6-4-3-5-21(25)18-28-13-9-27(10-14-28)11-15-29(16-12-27)36(33,34)22-7-8-24(30)23(17-22)26(31)32/h3-8,17,20,30H,9-16,18-19H2,1-2H3,(H,31,32). The highest BCUT2D eigenvalue weighted by atomic mass is 32.2. The Bertz CT molecular complexity index is 1180. The number of para-hydroxylation sites is 1. The molecule has 0 amide bonds. The van der Waals surface area contributed by atoms with E-state index in [-0.39, 0.29) is 10.3 Å². The third-order valence-electron chi connectivity index (χ3n) is 7.47. The molecule has 0 unspecified atom stereocenters. The number of sulfonamides is 1. The maximum absolute atomic E-state index is 13.2. The summed E-state index contributed by atoms with van der Waals surface area (Å²) in [6.45, 7) is 8.58. The van der Waals surface area contributed by atoms with E-state index in [2.05, 4.69) is 24.8 Å². The summed E-state index contributed by atoms with van der Waals surface area (Å²) >= 11 is 0. The Morgan fingerprint density at radius 2 is 1.67 bits per heavy atom. The molecule has 0 atom stereocenters. The molecule has 0 aliphatic carbocycles. The van der Waals surface area contributed by atoms with Crippen molar-refractivity contribution in [2.75, 3.05) is 32.8 Å². The normalized spacial score (nSPS) is 19.0. The number of piperidine rings is 2. The lowest BCUT2D eigenvalue weighted by atomic mass is 9.71. The number of carboxylic acids is 1. The van der Waals surface area contributed by atoms with Crippen molar-refractivity contribution in [3.05, 3.63) is 53.6 Å². The lowest BCUT2D eigenvalue weighted by Crippen LogP contribution is -2.48. The minimum atomic E-state index is -3.82. The van der Waals surface area contributed by atoms with Crippen LogP contribution >= 0.6 is 0 Å². The largest absolute Gasteiger partial charge is 0.507 e. The topological polar surface area (TPSA) is 107 Å². The van der Waals surface area contributed by atoms with E-state index in [9.17, 15) is 23.4 Å². The van der Waals surface area contributed by atoms with E-state index in [0.29, 0.717) is 25.6 Å². The predicted molar refractivity (Wildman–Crippen MR) is 137 cm³/mol. The number of nitrogens with zero attached hydrogens (tertiary/aromatic N) is 2. The molecule has 0 aromatic heterocycles. The Morgan fingerprint density at radius 3 is 2.31 bits per heavy atom. The van der Waals surface area contributed by atoms with Crippen LogP contribution < -0.4 is 4.74 Å². The zero-order chi connectivity index (χ0) is 25.9. The third kappa shape index (κ3) is 5.85. The Kier molecular flexibility index (Phi) is 7.92. The number of ether oxygens (including phenoxy) is 1. The lowest BCUT2D eigenvalue weighted by Gasteiger charge is -2.46. The molecular formula is C27H36N2O6S. The summed E-state index contributed by atoms with van der Waals surface area (Å²) in [7, 11) is -3.82. The van der Waals surface area contributed by atoms with E-state index in [4.69, 9.17) is 4.74 Å². The number of carboxylic acid groups (broad SMARTS) is 1. The van der Waals surface area contributed by atoms with Crippen molar-refractivity contribution in [2.24, 2.45) is 11.3 Å². The number of hydrogen-bond donors (Lipinski definition) is 2. The Labute approximate surface area is 213 Å². The number of benzene rings is 2. The molecule has 0 bridgehead atoms. The van der Waals surface area contributed by atoms with Crippen molar-refractivity contribution < 1.29 is 28.2 Å². The molecule has 2 aromatic rings. The second kappa shape index (κ2) is 10.8. The molecule has 2 saturated heterocycles. The molecule has 9 heteroatoms. The lowest BCUT2D eigenvalue weighted by molar-refractivity contribution is 0.0525. The molecule has 2 heterocycles. The van der Waals surface area contributed by atoms with Crippen LogP contribution in [0.1, 0.15) is 55.5 Å². The van der Waals surface area contributed by atoms with E-state index in [0.717, 1.165) is 63.2 Å². The summed E-state index contributed by atoms with van der Waals surface area (Å²) in [6.07, 6.45) is 3.63.